The van der Waals surface area contributed by atoms with Gasteiger partial charge in [0.05, 0.1) is 17.2 Å². The Morgan fingerprint density at radius 2 is 1.93 bits per heavy atom. The van der Waals surface area contributed by atoms with E-state index in [9.17, 15) is 23.1 Å². The van der Waals surface area contributed by atoms with E-state index >= 15 is 0 Å². The number of nitrogens with two attached hydrogens (primary N) is 1. The maximum atomic E-state index is 14.9. The molecule has 8 heteroatoms. The summed E-state index contributed by atoms with van der Waals surface area (Å²) in [6.07, 6.45) is 1.36. The van der Waals surface area contributed by atoms with Crippen molar-refractivity contribution in [3.63, 3.8) is 0 Å². The normalized spacial score (nSPS) is 38.0. The topological polar surface area (TPSA) is 75.4 Å². The molecule has 3 aliphatic rings. The van der Waals surface area contributed by atoms with Crippen LogP contribution in [-0.4, -0.2) is 28.8 Å². The van der Waals surface area contributed by atoms with Gasteiger partial charge >= 0.3 is 0 Å². The van der Waals surface area contributed by atoms with Gasteiger partial charge in [-0.3, -0.25) is 4.79 Å². The lowest BCUT2D eigenvalue weighted by atomic mass is 9.74. The van der Waals surface area contributed by atoms with Gasteiger partial charge in [-0.2, -0.15) is 0 Å². The zero-order valence-corrected chi connectivity index (χ0v) is 16.1. The van der Waals surface area contributed by atoms with Gasteiger partial charge in [0.25, 0.3) is 0 Å². The average molecular weight is 417 g/mol. The maximum Gasteiger partial charge on any atom is 0.223 e. The Morgan fingerprint density at radius 1 is 1.25 bits per heavy atom. The highest BCUT2D eigenvalue weighted by Gasteiger charge is 2.59. The summed E-state index contributed by atoms with van der Waals surface area (Å²) in [5.41, 5.74) is 3.39. The summed E-state index contributed by atoms with van der Waals surface area (Å²) in [5, 5.41) is 12.4. The van der Waals surface area contributed by atoms with Crippen LogP contribution in [0.4, 0.5) is 13.2 Å². The van der Waals surface area contributed by atoms with E-state index in [1.54, 1.807) is 0 Å². The van der Waals surface area contributed by atoms with Crippen molar-refractivity contribution in [3.8, 4) is 0 Å². The van der Waals surface area contributed by atoms with E-state index in [4.69, 9.17) is 17.3 Å². The zero-order valence-electron chi connectivity index (χ0n) is 15.4. The van der Waals surface area contributed by atoms with Crippen LogP contribution in [-0.2, 0) is 4.79 Å². The summed E-state index contributed by atoms with van der Waals surface area (Å²) in [6, 6.07) is 0.663. The third-order valence-electron chi connectivity index (χ3n) is 7.03. The summed E-state index contributed by atoms with van der Waals surface area (Å²) < 4.78 is 44.4. The van der Waals surface area contributed by atoms with E-state index in [0.29, 0.717) is 32.1 Å². The number of halogens is 4. The first-order chi connectivity index (χ1) is 13.1. The molecule has 4 nitrogen and oxygen atoms in total. The number of carbonyl (C=O) groups is 1. The third-order valence-corrected chi connectivity index (χ3v) is 7.32. The largest absolute Gasteiger partial charge is 0.391 e. The molecule has 4 N–H and O–H groups in total. The summed E-state index contributed by atoms with van der Waals surface area (Å²) >= 11 is 5.89. The molecule has 1 unspecified atom stereocenters. The Bertz CT molecular complexity index is 788. The van der Waals surface area contributed by atoms with Crippen LogP contribution in [0.25, 0.3) is 0 Å². The van der Waals surface area contributed by atoms with Crippen LogP contribution in [0.1, 0.15) is 56.6 Å². The number of aliphatic hydroxyl groups excluding tert-OH is 1. The lowest BCUT2D eigenvalue weighted by molar-refractivity contribution is -0.127. The number of alkyl halides is 1. The van der Waals surface area contributed by atoms with Crippen molar-refractivity contribution < 1.29 is 23.1 Å². The fourth-order valence-electron chi connectivity index (χ4n) is 5.43. The van der Waals surface area contributed by atoms with Gasteiger partial charge in [0, 0.05) is 17.5 Å². The number of amides is 1. The van der Waals surface area contributed by atoms with Crippen LogP contribution in [0, 0.1) is 23.0 Å². The Balaban J connectivity index is 1.70. The molecule has 3 saturated carbocycles. The number of aliphatic hydroxyl groups is 1. The Hall–Kier alpha value is -1.31. The first kappa shape index (κ1) is 20.0. The predicted octanol–water partition coefficient (Wildman–Crippen LogP) is 3.55. The molecule has 154 valence electrons. The molecule has 4 rings (SSSR count). The molecule has 0 heterocycles. The van der Waals surface area contributed by atoms with Gasteiger partial charge in [0.1, 0.15) is 17.3 Å². The second-order valence-corrected chi connectivity index (χ2v) is 9.20. The van der Waals surface area contributed by atoms with Crippen LogP contribution < -0.4 is 11.1 Å². The van der Waals surface area contributed by atoms with Gasteiger partial charge in [-0.1, -0.05) is 11.6 Å². The number of carbonyl (C=O) groups excluding carboxylic acids is 1. The lowest BCUT2D eigenvalue weighted by Crippen LogP contribution is -2.42. The Kier molecular flexibility index (Phi) is 4.91. The summed E-state index contributed by atoms with van der Waals surface area (Å²) in [7, 11) is 0. The number of fused-ring (bicyclic) bond motifs is 2. The van der Waals surface area contributed by atoms with Crippen molar-refractivity contribution in [3.05, 3.63) is 34.4 Å². The second-order valence-electron chi connectivity index (χ2n) is 8.79. The van der Waals surface area contributed by atoms with Gasteiger partial charge < -0.3 is 16.2 Å². The van der Waals surface area contributed by atoms with Crippen molar-refractivity contribution >= 4 is 17.5 Å². The van der Waals surface area contributed by atoms with Gasteiger partial charge in [-0.25, -0.2) is 13.2 Å². The smallest absolute Gasteiger partial charge is 0.223 e. The van der Waals surface area contributed by atoms with Gasteiger partial charge in [-0.15, -0.1) is 0 Å². The minimum atomic E-state index is -1.35. The van der Waals surface area contributed by atoms with E-state index in [0.717, 1.165) is 12.1 Å². The van der Waals surface area contributed by atoms with Crippen molar-refractivity contribution in [2.75, 3.05) is 0 Å². The van der Waals surface area contributed by atoms with Crippen molar-refractivity contribution in [2.45, 2.75) is 68.8 Å². The van der Waals surface area contributed by atoms with E-state index in [2.05, 4.69) is 5.32 Å². The zero-order chi connectivity index (χ0) is 20.3. The summed E-state index contributed by atoms with van der Waals surface area (Å²) in [5.74, 6) is -2.71. The molecular formula is C20H24ClF3N2O2. The van der Waals surface area contributed by atoms with Crippen LogP contribution in [0.3, 0.4) is 0 Å². The number of rotatable bonds is 4. The monoisotopic (exact) mass is 416 g/mol. The molecule has 1 aromatic rings. The molecule has 28 heavy (non-hydrogen) atoms. The maximum absolute atomic E-state index is 14.9. The van der Waals surface area contributed by atoms with E-state index < -0.39 is 52.7 Å². The van der Waals surface area contributed by atoms with Crippen molar-refractivity contribution in [1.29, 1.82) is 0 Å². The van der Waals surface area contributed by atoms with Gasteiger partial charge in [-0.05, 0) is 62.5 Å². The van der Waals surface area contributed by atoms with Crippen molar-refractivity contribution in [2.24, 2.45) is 17.1 Å². The highest BCUT2D eigenvalue weighted by atomic mass is 35.5. The molecule has 0 aromatic heterocycles. The molecule has 0 radical (unpaired) electrons. The van der Waals surface area contributed by atoms with Crippen LogP contribution in [0.15, 0.2) is 12.1 Å². The number of nitrogens with one attached hydrogen (secondary N) is 1. The highest BCUT2D eigenvalue weighted by molar-refractivity contribution is 6.30. The standard InChI is InChI=1S/C20H24ClF3N2O2/c21-11-1-2-12(22)15(16(11)23)17(19-3-5-20(24,9-19)6-4-19)26-18(28)10-7-13(25)14(27)8-10/h1-2,10,13-14,17,27H,3-9,25H2,(H,26,28)/t10?,13-,14+,17+,19?,20?/m0/s1. The van der Waals surface area contributed by atoms with Crippen LogP contribution >= 0.6 is 11.6 Å². The van der Waals surface area contributed by atoms with E-state index in [-0.39, 0.29) is 23.4 Å². The molecule has 1 aromatic carbocycles. The number of hydrogen-bond donors (Lipinski definition) is 3. The first-order valence-corrected chi connectivity index (χ1v) is 10.1. The molecule has 0 saturated heterocycles. The fourth-order valence-corrected chi connectivity index (χ4v) is 5.60. The molecule has 2 bridgehead atoms. The molecule has 3 aliphatic carbocycles. The SMILES string of the molecule is N[C@H]1CC(C(=O)N[C@H](c2c(F)ccc(Cl)c2F)C23CCC(F)(CC2)C3)C[C@H]1O. The molecule has 1 amide bonds. The number of hydrogen-bond acceptors (Lipinski definition) is 3. The average Bonchev–Trinajstić information content (AvgIpc) is 3.29. The van der Waals surface area contributed by atoms with E-state index in [1.165, 1.54) is 0 Å². The fraction of sp³-hybridized carbons (Fsp3) is 0.650. The van der Waals surface area contributed by atoms with Crippen LogP contribution in [0.5, 0.6) is 0 Å². The van der Waals surface area contributed by atoms with Gasteiger partial charge in [0.2, 0.25) is 5.91 Å². The van der Waals surface area contributed by atoms with Crippen LogP contribution in [0.2, 0.25) is 5.02 Å². The Morgan fingerprint density at radius 3 is 2.46 bits per heavy atom. The van der Waals surface area contributed by atoms with E-state index in [1.807, 2.05) is 0 Å². The summed E-state index contributed by atoms with van der Waals surface area (Å²) in [6.45, 7) is 0. The number of benzene rings is 1. The molecule has 0 aliphatic heterocycles. The predicted molar refractivity (Wildman–Crippen MR) is 98.3 cm³/mol. The highest BCUT2D eigenvalue weighted by Crippen LogP contribution is 2.63. The van der Waals surface area contributed by atoms with Crippen molar-refractivity contribution in [1.82, 2.24) is 5.32 Å². The molecule has 0 spiro atoms. The molecule has 3 fully saturated rings. The third kappa shape index (κ3) is 3.21. The first-order valence-electron chi connectivity index (χ1n) is 9.70. The quantitative estimate of drug-likeness (QED) is 0.657. The minimum Gasteiger partial charge on any atom is -0.391 e. The minimum absolute atomic E-state index is 0.156. The van der Waals surface area contributed by atoms with Gasteiger partial charge in [0.15, 0.2) is 0 Å². The summed E-state index contributed by atoms with van der Waals surface area (Å²) in [4.78, 5) is 12.9. The Labute approximate surface area is 166 Å². The molecular weight excluding hydrogens is 393 g/mol. The second kappa shape index (κ2) is 6.89. The molecule has 4 atom stereocenters. The lowest BCUT2D eigenvalue weighted by Gasteiger charge is -2.37.